The molecule has 0 bridgehead atoms. The van der Waals surface area contributed by atoms with Crippen molar-refractivity contribution >= 4 is 17.4 Å². The summed E-state index contributed by atoms with van der Waals surface area (Å²) in [6, 6.07) is 12.4. The normalized spacial score (nSPS) is 12.9. The number of rotatable bonds is 6. The van der Waals surface area contributed by atoms with E-state index in [9.17, 15) is 25.1 Å². The van der Waals surface area contributed by atoms with E-state index in [0.29, 0.717) is 11.3 Å². The molecule has 0 aliphatic rings. The number of nitro benzene ring substituents is 1. The Morgan fingerprint density at radius 2 is 1.75 bits per heavy atom. The lowest BCUT2D eigenvalue weighted by atomic mass is 10.0. The second-order valence-electron chi connectivity index (χ2n) is 5.05. The van der Waals surface area contributed by atoms with Gasteiger partial charge in [-0.3, -0.25) is 10.1 Å². The average molecular weight is 331 g/mol. The van der Waals surface area contributed by atoms with E-state index in [1.54, 1.807) is 30.3 Å². The molecule has 0 aromatic heterocycles. The van der Waals surface area contributed by atoms with Crippen LogP contribution in [0.25, 0.3) is 0 Å². The Bertz CT molecular complexity index is 691. The summed E-state index contributed by atoms with van der Waals surface area (Å²) in [7, 11) is 0. The Morgan fingerprint density at radius 3 is 2.29 bits per heavy atom. The van der Waals surface area contributed by atoms with Gasteiger partial charge in [0, 0.05) is 17.8 Å². The van der Waals surface area contributed by atoms with Gasteiger partial charge >= 0.3 is 6.03 Å². The second-order valence-corrected chi connectivity index (χ2v) is 5.05. The molecular weight excluding hydrogens is 314 g/mol. The molecule has 0 radical (unpaired) electrons. The number of nitro groups is 1. The number of urea groups is 1. The number of aliphatic hydroxyl groups is 2. The first kappa shape index (κ1) is 17.4. The van der Waals surface area contributed by atoms with Crippen LogP contribution in [0.5, 0.6) is 0 Å². The molecule has 0 saturated heterocycles. The van der Waals surface area contributed by atoms with Crippen molar-refractivity contribution in [2.24, 2.45) is 0 Å². The molecule has 2 atom stereocenters. The summed E-state index contributed by atoms with van der Waals surface area (Å²) in [5, 5.41) is 35.3. The van der Waals surface area contributed by atoms with E-state index in [2.05, 4.69) is 10.6 Å². The number of carbonyl (C=O) groups is 1. The van der Waals surface area contributed by atoms with Crippen LogP contribution < -0.4 is 10.6 Å². The van der Waals surface area contributed by atoms with E-state index in [0.717, 1.165) is 0 Å². The highest BCUT2D eigenvalue weighted by Gasteiger charge is 2.22. The first-order valence-electron chi connectivity index (χ1n) is 7.17. The molecule has 0 fully saturated rings. The molecule has 4 N–H and O–H groups in total. The van der Waals surface area contributed by atoms with E-state index in [1.807, 2.05) is 0 Å². The molecule has 126 valence electrons. The van der Waals surface area contributed by atoms with Gasteiger partial charge in [-0.2, -0.15) is 0 Å². The molecule has 2 amide bonds. The van der Waals surface area contributed by atoms with E-state index in [1.165, 1.54) is 24.3 Å². The number of carbonyl (C=O) groups excluding carboxylic acids is 1. The highest BCUT2D eigenvalue weighted by Crippen LogP contribution is 2.20. The number of benzene rings is 2. The van der Waals surface area contributed by atoms with Crippen LogP contribution in [-0.4, -0.2) is 33.8 Å². The lowest BCUT2D eigenvalue weighted by Gasteiger charge is -2.22. The molecule has 2 aromatic carbocycles. The van der Waals surface area contributed by atoms with Crippen LogP contribution in [-0.2, 0) is 0 Å². The smallest absolute Gasteiger partial charge is 0.319 e. The van der Waals surface area contributed by atoms with Crippen LogP contribution in [0, 0.1) is 10.1 Å². The van der Waals surface area contributed by atoms with Gasteiger partial charge in [0.25, 0.3) is 5.69 Å². The summed E-state index contributed by atoms with van der Waals surface area (Å²) in [6.07, 6.45) is -1.21. The maximum absolute atomic E-state index is 11.9. The third kappa shape index (κ3) is 4.51. The number of para-hydroxylation sites is 1. The van der Waals surface area contributed by atoms with Crippen LogP contribution in [0.2, 0.25) is 0 Å². The highest BCUT2D eigenvalue weighted by molar-refractivity contribution is 5.89. The molecule has 2 aromatic rings. The number of aliphatic hydroxyl groups excluding tert-OH is 2. The summed E-state index contributed by atoms with van der Waals surface area (Å²) >= 11 is 0. The minimum absolute atomic E-state index is 0.110. The van der Waals surface area contributed by atoms with Gasteiger partial charge in [-0.05, 0) is 29.8 Å². The number of nitrogens with zero attached hydrogens (tertiary/aromatic N) is 1. The number of non-ortho nitro benzene ring substituents is 1. The van der Waals surface area contributed by atoms with Gasteiger partial charge in [-0.15, -0.1) is 0 Å². The van der Waals surface area contributed by atoms with Crippen molar-refractivity contribution in [3.8, 4) is 0 Å². The quantitative estimate of drug-likeness (QED) is 0.474. The largest absolute Gasteiger partial charge is 0.394 e. The third-order valence-electron chi connectivity index (χ3n) is 3.37. The Hall–Kier alpha value is -2.97. The van der Waals surface area contributed by atoms with Gasteiger partial charge < -0.3 is 20.8 Å². The average Bonchev–Trinajstić information content (AvgIpc) is 2.60. The lowest BCUT2D eigenvalue weighted by Crippen LogP contribution is -2.44. The molecule has 0 saturated carbocycles. The van der Waals surface area contributed by atoms with Crippen molar-refractivity contribution in [1.29, 1.82) is 0 Å². The summed E-state index contributed by atoms with van der Waals surface area (Å²) in [4.78, 5) is 22.0. The first-order valence-corrected chi connectivity index (χ1v) is 7.17. The monoisotopic (exact) mass is 331 g/mol. The van der Waals surface area contributed by atoms with Crippen molar-refractivity contribution in [2.45, 2.75) is 12.1 Å². The number of amides is 2. The Kier molecular flexibility index (Phi) is 5.83. The zero-order valence-corrected chi connectivity index (χ0v) is 12.6. The van der Waals surface area contributed by atoms with Crippen LogP contribution in [0.3, 0.4) is 0 Å². The SMILES string of the molecule is O=C(Nc1ccccc1)N[C@H](CO)[C@@H](O)c1ccc([N+](=O)[O-])cc1. The molecule has 2 rings (SSSR count). The molecule has 0 spiro atoms. The summed E-state index contributed by atoms with van der Waals surface area (Å²) in [5.74, 6) is 0. The first-order chi connectivity index (χ1) is 11.5. The topological polar surface area (TPSA) is 125 Å². The number of hydrogen-bond acceptors (Lipinski definition) is 5. The van der Waals surface area contributed by atoms with Gasteiger partial charge in [0.2, 0.25) is 0 Å². The molecule has 8 heteroatoms. The Labute approximate surface area is 137 Å². The molecule has 0 aliphatic carbocycles. The summed E-state index contributed by atoms with van der Waals surface area (Å²) in [5.41, 5.74) is 0.803. The van der Waals surface area contributed by atoms with Crippen molar-refractivity contribution in [3.05, 3.63) is 70.3 Å². The van der Waals surface area contributed by atoms with Gasteiger partial charge in [0.15, 0.2) is 0 Å². The van der Waals surface area contributed by atoms with Gasteiger partial charge in [-0.1, -0.05) is 18.2 Å². The summed E-state index contributed by atoms with van der Waals surface area (Å²) < 4.78 is 0. The number of nitrogens with one attached hydrogen (secondary N) is 2. The maximum Gasteiger partial charge on any atom is 0.319 e. The van der Waals surface area contributed by atoms with E-state index in [-0.39, 0.29) is 5.69 Å². The van der Waals surface area contributed by atoms with Gasteiger partial charge in [0.1, 0.15) is 6.10 Å². The van der Waals surface area contributed by atoms with Crippen molar-refractivity contribution in [1.82, 2.24) is 5.32 Å². The molecular formula is C16H17N3O5. The van der Waals surface area contributed by atoms with E-state index < -0.39 is 29.7 Å². The fourth-order valence-electron chi connectivity index (χ4n) is 2.11. The molecule has 0 heterocycles. The minimum atomic E-state index is -1.21. The van der Waals surface area contributed by atoms with Crippen LogP contribution >= 0.6 is 0 Å². The van der Waals surface area contributed by atoms with E-state index in [4.69, 9.17) is 0 Å². The highest BCUT2D eigenvalue weighted by atomic mass is 16.6. The van der Waals surface area contributed by atoms with Gasteiger partial charge in [0.05, 0.1) is 17.6 Å². The standard InChI is InChI=1S/C16H17N3O5/c20-10-14(18-16(22)17-12-4-2-1-3-5-12)15(21)11-6-8-13(9-7-11)19(23)24/h1-9,14-15,20-21H,10H2,(H2,17,18,22)/t14-,15+/m1/s1. The minimum Gasteiger partial charge on any atom is -0.394 e. The summed E-state index contributed by atoms with van der Waals surface area (Å²) in [6.45, 7) is -0.500. The molecule has 0 aliphatic heterocycles. The number of hydrogen-bond donors (Lipinski definition) is 4. The van der Waals surface area contributed by atoms with Crippen molar-refractivity contribution in [2.75, 3.05) is 11.9 Å². The fourth-order valence-corrected chi connectivity index (χ4v) is 2.11. The van der Waals surface area contributed by atoms with Crippen LogP contribution in [0.15, 0.2) is 54.6 Å². The zero-order chi connectivity index (χ0) is 17.5. The molecule has 0 unspecified atom stereocenters. The fraction of sp³-hybridized carbons (Fsp3) is 0.188. The molecule has 8 nitrogen and oxygen atoms in total. The predicted octanol–water partition coefficient (Wildman–Crippen LogP) is 1.81. The second kappa shape index (κ2) is 8.04. The van der Waals surface area contributed by atoms with E-state index >= 15 is 0 Å². The Morgan fingerprint density at radius 1 is 1.12 bits per heavy atom. The lowest BCUT2D eigenvalue weighted by molar-refractivity contribution is -0.384. The zero-order valence-electron chi connectivity index (χ0n) is 12.6. The van der Waals surface area contributed by atoms with Crippen molar-refractivity contribution in [3.63, 3.8) is 0 Å². The Balaban J connectivity index is 2.01. The predicted molar refractivity (Wildman–Crippen MR) is 87.5 cm³/mol. The van der Waals surface area contributed by atoms with Crippen LogP contribution in [0.1, 0.15) is 11.7 Å². The third-order valence-corrected chi connectivity index (χ3v) is 3.37. The number of anilines is 1. The van der Waals surface area contributed by atoms with Gasteiger partial charge in [-0.25, -0.2) is 4.79 Å². The molecule has 24 heavy (non-hydrogen) atoms. The van der Waals surface area contributed by atoms with Crippen LogP contribution in [0.4, 0.5) is 16.2 Å². The van der Waals surface area contributed by atoms with Crippen molar-refractivity contribution < 1.29 is 19.9 Å². The maximum atomic E-state index is 11.9.